The predicted molar refractivity (Wildman–Crippen MR) is 78.1 cm³/mol. The summed E-state index contributed by atoms with van der Waals surface area (Å²) in [6, 6.07) is 8.28. The zero-order chi connectivity index (χ0) is 14.3. The highest BCUT2D eigenvalue weighted by Crippen LogP contribution is 2.10. The molecule has 1 aromatic rings. The Bertz CT molecular complexity index is 369. The molecule has 0 amide bonds. The lowest BCUT2D eigenvalue weighted by Gasteiger charge is -2.26. The summed E-state index contributed by atoms with van der Waals surface area (Å²) < 4.78 is 0. The molecule has 19 heavy (non-hydrogen) atoms. The van der Waals surface area contributed by atoms with Crippen LogP contribution in [0.2, 0.25) is 0 Å². The molecule has 108 valence electrons. The Balaban J connectivity index is 2.64. The highest BCUT2D eigenvalue weighted by molar-refractivity contribution is 5.25. The summed E-state index contributed by atoms with van der Waals surface area (Å²) in [5, 5.41) is 18.6. The van der Waals surface area contributed by atoms with Crippen molar-refractivity contribution in [2.24, 2.45) is 0 Å². The first-order valence-electron chi connectivity index (χ1n) is 6.73. The van der Waals surface area contributed by atoms with Gasteiger partial charge in [0, 0.05) is 26.2 Å². The summed E-state index contributed by atoms with van der Waals surface area (Å²) in [4.78, 5) is 4.30. The van der Waals surface area contributed by atoms with Gasteiger partial charge in [-0.25, -0.2) is 0 Å². The fourth-order valence-electron chi connectivity index (χ4n) is 1.96. The maximum absolute atomic E-state index is 9.64. The Hall–Kier alpha value is -0.940. The van der Waals surface area contributed by atoms with E-state index in [0.29, 0.717) is 6.54 Å². The molecule has 1 aromatic carbocycles. The number of nitrogens with zero attached hydrogens (tertiary/aromatic N) is 2. The normalized spacial score (nSPS) is 13.2. The molecule has 2 N–H and O–H groups in total. The van der Waals surface area contributed by atoms with Crippen LogP contribution in [0.4, 0.5) is 0 Å². The van der Waals surface area contributed by atoms with Crippen LogP contribution in [0.3, 0.4) is 0 Å². The summed E-state index contributed by atoms with van der Waals surface area (Å²) >= 11 is 0. The minimum Gasteiger partial charge on any atom is -0.394 e. The third-order valence-electron chi connectivity index (χ3n) is 3.20. The second-order valence-electron chi connectivity index (χ2n) is 5.30. The summed E-state index contributed by atoms with van der Waals surface area (Å²) in [6.07, 6.45) is -0.675. The van der Waals surface area contributed by atoms with E-state index in [2.05, 4.69) is 28.9 Å². The van der Waals surface area contributed by atoms with Crippen LogP contribution in [0, 0.1) is 6.92 Å². The average molecular weight is 266 g/mol. The third kappa shape index (κ3) is 6.16. The Kier molecular flexibility index (Phi) is 7.02. The molecular weight excluding hydrogens is 240 g/mol. The maximum Gasteiger partial charge on any atom is 0.0897 e. The van der Waals surface area contributed by atoms with E-state index in [1.165, 1.54) is 11.1 Å². The molecule has 0 saturated heterocycles. The zero-order valence-electron chi connectivity index (χ0n) is 12.2. The van der Waals surface area contributed by atoms with E-state index < -0.39 is 6.10 Å². The molecule has 0 aromatic heterocycles. The Morgan fingerprint density at radius 2 is 1.84 bits per heavy atom. The van der Waals surface area contributed by atoms with Crippen LogP contribution in [0.1, 0.15) is 11.1 Å². The average Bonchev–Trinajstić information content (AvgIpc) is 2.38. The van der Waals surface area contributed by atoms with Crippen molar-refractivity contribution in [2.45, 2.75) is 19.6 Å². The summed E-state index contributed by atoms with van der Waals surface area (Å²) in [5.74, 6) is 0. The van der Waals surface area contributed by atoms with E-state index in [4.69, 9.17) is 5.11 Å². The molecule has 0 radical (unpaired) electrons. The van der Waals surface area contributed by atoms with Crippen LogP contribution in [0.5, 0.6) is 0 Å². The van der Waals surface area contributed by atoms with Crippen molar-refractivity contribution in [3.63, 3.8) is 0 Å². The van der Waals surface area contributed by atoms with Crippen LogP contribution in [-0.4, -0.2) is 66.5 Å². The van der Waals surface area contributed by atoms with Crippen LogP contribution >= 0.6 is 0 Å². The minimum atomic E-state index is -0.675. The standard InChI is InChI=1S/C15H26N2O2/c1-13-6-4-5-7-14(13)10-17(9-8-16(2)3)11-15(19)12-18/h4-7,15,18-19H,8-12H2,1-3H3/t15-/m0/s1. The molecule has 4 heteroatoms. The molecule has 4 nitrogen and oxygen atoms in total. The van der Waals surface area contributed by atoms with Gasteiger partial charge in [-0.15, -0.1) is 0 Å². The molecule has 0 aliphatic carbocycles. The summed E-state index contributed by atoms with van der Waals surface area (Å²) in [7, 11) is 4.07. The van der Waals surface area contributed by atoms with Gasteiger partial charge in [-0.05, 0) is 32.1 Å². The summed E-state index contributed by atoms with van der Waals surface area (Å²) in [6.45, 7) is 5.02. The molecule has 0 bridgehead atoms. The number of aliphatic hydroxyl groups is 2. The van der Waals surface area contributed by atoms with Gasteiger partial charge < -0.3 is 15.1 Å². The largest absolute Gasteiger partial charge is 0.394 e. The first kappa shape index (κ1) is 16.1. The second-order valence-corrected chi connectivity index (χ2v) is 5.30. The van der Waals surface area contributed by atoms with E-state index in [9.17, 15) is 5.11 Å². The van der Waals surface area contributed by atoms with Gasteiger partial charge in [0.05, 0.1) is 12.7 Å². The van der Waals surface area contributed by atoms with E-state index in [0.717, 1.165) is 19.6 Å². The first-order valence-corrected chi connectivity index (χ1v) is 6.73. The van der Waals surface area contributed by atoms with Crippen molar-refractivity contribution in [1.29, 1.82) is 0 Å². The van der Waals surface area contributed by atoms with Crippen molar-refractivity contribution in [1.82, 2.24) is 9.80 Å². The molecule has 0 spiro atoms. The van der Waals surface area contributed by atoms with Crippen molar-refractivity contribution in [3.8, 4) is 0 Å². The molecule has 0 saturated carbocycles. The molecule has 0 fully saturated rings. The lowest BCUT2D eigenvalue weighted by Crippen LogP contribution is -2.38. The highest BCUT2D eigenvalue weighted by atomic mass is 16.3. The molecule has 0 unspecified atom stereocenters. The van der Waals surface area contributed by atoms with E-state index >= 15 is 0 Å². The fourth-order valence-corrected chi connectivity index (χ4v) is 1.96. The van der Waals surface area contributed by atoms with Gasteiger partial charge in [-0.2, -0.15) is 0 Å². The van der Waals surface area contributed by atoms with Gasteiger partial charge in [0.2, 0.25) is 0 Å². The quantitative estimate of drug-likeness (QED) is 0.727. The van der Waals surface area contributed by atoms with E-state index in [1.54, 1.807) is 0 Å². The van der Waals surface area contributed by atoms with Crippen molar-refractivity contribution in [3.05, 3.63) is 35.4 Å². The molecule has 0 heterocycles. The van der Waals surface area contributed by atoms with Crippen LogP contribution in [-0.2, 0) is 6.54 Å². The van der Waals surface area contributed by atoms with Gasteiger partial charge in [0.1, 0.15) is 0 Å². The minimum absolute atomic E-state index is 0.188. The molecule has 1 rings (SSSR count). The number of rotatable bonds is 8. The number of hydrogen-bond acceptors (Lipinski definition) is 4. The monoisotopic (exact) mass is 266 g/mol. The van der Waals surface area contributed by atoms with Gasteiger partial charge in [0.15, 0.2) is 0 Å². The fraction of sp³-hybridized carbons (Fsp3) is 0.600. The van der Waals surface area contributed by atoms with Gasteiger partial charge in [-0.1, -0.05) is 24.3 Å². The lowest BCUT2D eigenvalue weighted by atomic mass is 10.1. The van der Waals surface area contributed by atoms with Crippen LogP contribution in [0.15, 0.2) is 24.3 Å². The lowest BCUT2D eigenvalue weighted by molar-refractivity contribution is 0.0547. The van der Waals surface area contributed by atoms with Crippen LogP contribution in [0.25, 0.3) is 0 Å². The SMILES string of the molecule is Cc1ccccc1CN(CCN(C)C)C[C@H](O)CO. The zero-order valence-corrected chi connectivity index (χ0v) is 12.2. The molecule has 0 aliphatic rings. The third-order valence-corrected chi connectivity index (χ3v) is 3.20. The van der Waals surface area contributed by atoms with Crippen molar-refractivity contribution >= 4 is 0 Å². The first-order chi connectivity index (χ1) is 9.02. The Morgan fingerprint density at radius 3 is 2.42 bits per heavy atom. The Morgan fingerprint density at radius 1 is 1.16 bits per heavy atom. The van der Waals surface area contributed by atoms with Crippen molar-refractivity contribution < 1.29 is 10.2 Å². The topological polar surface area (TPSA) is 46.9 Å². The molecule has 1 atom stereocenters. The van der Waals surface area contributed by atoms with E-state index in [1.807, 2.05) is 26.2 Å². The number of benzene rings is 1. The summed E-state index contributed by atoms with van der Waals surface area (Å²) in [5.41, 5.74) is 2.53. The van der Waals surface area contributed by atoms with Gasteiger partial charge >= 0.3 is 0 Å². The number of likely N-dealkylation sites (N-methyl/N-ethyl adjacent to an activating group) is 1. The van der Waals surface area contributed by atoms with Crippen molar-refractivity contribution in [2.75, 3.05) is 40.3 Å². The van der Waals surface area contributed by atoms with E-state index in [-0.39, 0.29) is 6.61 Å². The smallest absolute Gasteiger partial charge is 0.0897 e. The second kappa shape index (κ2) is 8.27. The number of hydrogen-bond donors (Lipinski definition) is 2. The van der Waals surface area contributed by atoms with Crippen LogP contribution < -0.4 is 0 Å². The van der Waals surface area contributed by atoms with Gasteiger partial charge in [0.25, 0.3) is 0 Å². The van der Waals surface area contributed by atoms with Gasteiger partial charge in [-0.3, -0.25) is 4.90 Å². The number of aryl methyl sites for hydroxylation is 1. The predicted octanol–water partition coefficient (Wildman–Crippen LogP) is 0.712. The Labute approximate surface area is 116 Å². The maximum atomic E-state index is 9.64. The molecular formula is C15H26N2O2. The number of aliphatic hydroxyl groups excluding tert-OH is 2. The highest BCUT2D eigenvalue weighted by Gasteiger charge is 2.12. The molecule has 0 aliphatic heterocycles.